The van der Waals surface area contributed by atoms with E-state index in [1.165, 1.54) is 5.56 Å². The molecule has 0 bridgehead atoms. The molecule has 0 saturated heterocycles. The third-order valence-electron chi connectivity index (χ3n) is 4.12. The van der Waals surface area contributed by atoms with E-state index in [0.29, 0.717) is 12.3 Å². The number of aryl methyl sites for hydroxylation is 1. The molecule has 1 aromatic heterocycles. The van der Waals surface area contributed by atoms with E-state index in [0.717, 1.165) is 16.5 Å². The maximum atomic E-state index is 12.9. The molecular weight excluding hydrogens is 286 g/mol. The van der Waals surface area contributed by atoms with Crippen molar-refractivity contribution in [3.63, 3.8) is 0 Å². The number of hydrogen-bond donors (Lipinski definition) is 0. The predicted molar refractivity (Wildman–Crippen MR) is 92.4 cm³/mol. The monoisotopic (exact) mass is 307 g/mol. The molecule has 0 aliphatic carbocycles. The van der Waals surface area contributed by atoms with Crippen LogP contribution in [0.4, 0.5) is 0 Å². The number of carbonyl (C=O) groups excluding carboxylic acids is 1. The fourth-order valence-electron chi connectivity index (χ4n) is 2.69. The van der Waals surface area contributed by atoms with Crippen LogP contribution in [-0.2, 0) is 6.54 Å². The number of benzene rings is 2. The van der Waals surface area contributed by atoms with E-state index in [4.69, 9.17) is 4.42 Å². The Kier molecular flexibility index (Phi) is 4.20. The Bertz CT molecular complexity index is 799. The summed E-state index contributed by atoms with van der Waals surface area (Å²) >= 11 is 0. The summed E-state index contributed by atoms with van der Waals surface area (Å²) in [5.41, 5.74) is 3.09. The smallest absolute Gasteiger partial charge is 0.290 e. The van der Waals surface area contributed by atoms with Crippen LogP contribution in [0, 0.1) is 6.92 Å². The minimum Gasteiger partial charge on any atom is -0.451 e. The van der Waals surface area contributed by atoms with Gasteiger partial charge in [-0.05, 0) is 44.0 Å². The van der Waals surface area contributed by atoms with Gasteiger partial charge < -0.3 is 9.32 Å². The third-order valence-corrected chi connectivity index (χ3v) is 4.12. The van der Waals surface area contributed by atoms with Gasteiger partial charge in [0, 0.05) is 18.0 Å². The molecule has 0 saturated carbocycles. The molecule has 0 radical (unpaired) electrons. The van der Waals surface area contributed by atoms with Gasteiger partial charge in [-0.25, -0.2) is 0 Å². The van der Waals surface area contributed by atoms with Crippen molar-refractivity contribution in [3.8, 4) is 0 Å². The molecule has 0 fully saturated rings. The Balaban J connectivity index is 1.91. The summed E-state index contributed by atoms with van der Waals surface area (Å²) in [6, 6.07) is 17.8. The predicted octanol–water partition coefficient (Wildman–Crippen LogP) is 4.79. The lowest BCUT2D eigenvalue weighted by Crippen LogP contribution is -2.36. The van der Waals surface area contributed by atoms with Crippen molar-refractivity contribution < 1.29 is 9.21 Å². The summed E-state index contributed by atoms with van der Waals surface area (Å²) in [6.07, 6.45) is 0. The standard InChI is InChI=1S/C20H21NO2/c1-14(2)21(13-17-10-5-4-8-15(17)3)20(22)19-12-16-9-6-7-11-18(16)23-19/h4-12,14H,13H2,1-3H3. The van der Waals surface area contributed by atoms with E-state index in [1.54, 1.807) is 0 Å². The number of amides is 1. The lowest BCUT2D eigenvalue weighted by molar-refractivity contribution is 0.0659. The fourth-order valence-corrected chi connectivity index (χ4v) is 2.69. The van der Waals surface area contributed by atoms with E-state index in [1.807, 2.05) is 61.2 Å². The molecule has 0 spiro atoms. The highest BCUT2D eigenvalue weighted by Gasteiger charge is 2.22. The molecule has 2 aromatic carbocycles. The summed E-state index contributed by atoms with van der Waals surface area (Å²) in [6.45, 7) is 6.71. The molecular formula is C20H21NO2. The molecule has 3 rings (SSSR count). The Hall–Kier alpha value is -2.55. The normalized spacial score (nSPS) is 11.1. The molecule has 0 aliphatic heterocycles. The largest absolute Gasteiger partial charge is 0.451 e. The van der Waals surface area contributed by atoms with Gasteiger partial charge in [0.15, 0.2) is 5.76 Å². The molecule has 3 aromatic rings. The van der Waals surface area contributed by atoms with Crippen LogP contribution < -0.4 is 0 Å². The molecule has 1 amide bonds. The molecule has 0 N–H and O–H groups in total. The number of nitrogens with zero attached hydrogens (tertiary/aromatic N) is 1. The first-order chi connectivity index (χ1) is 11.1. The van der Waals surface area contributed by atoms with Gasteiger partial charge in [0.05, 0.1) is 0 Å². The van der Waals surface area contributed by atoms with E-state index >= 15 is 0 Å². The number of rotatable bonds is 4. The van der Waals surface area contributed by atoms with Crippen molar-refractivity contribution >= 4 is 16.9 Å². The molecule has 3 nitrogen and oxygen atoms in total. The first kappa shape index (κ1) is 15.3. The van der Waals surface area contributed by atoms with Gasteiger partial charge >= 0.3 is 0 Å². The number of para-hydroxylation sites is 1. The van der Waals surface area contributed by atoms with Crippen LogP contribution in [0.3, 0.4) is 0 Å². The zero-order valence-electron chi connectivity index (χ0n) is 13.7. The van der Waals surface area contributed by atoms with Gasteiger partial charge in [-0.15, -0.1) is 0 Å². The van der Waals surface area contributed by atoms with Crippen LogP contribution in [0.1, 0.15) is 35.5 Å². The second-order valence-corrected chi connectivity index (χ2v) is 6.10. The SMILES string of the molecule is Cc1ccccc1CN(C(=O)c1cc2ccccc2o1)C(C)C. The molecule has 0 aliphatic rings. The Morgan fingerprint density at radius 3 is 2.48 bits per heavy atom. The van der Waals surface area contributed by atoms with E-state index in [2.05, 4.69) is 19.1 Å². The third kappa shape index (κ3) is 3.14. The zero-order valence-corrected chi connectivity index (χ0v) is 13.7. The van der Waals surface area contributed by atoms with Gasteiger partial charge in [-0.2, -0.15) is 0 Å². The summed E-state index contributed by atoms with van der Waals surface area (Å²) < 4.78 is 5.74. The quantitative estimate of drug-likeness (QED) is 0.694. The lowest BCUT2D eigenvalue weighted by Gasteiger charge is -2.26. The average molecular weight is 307 g/mol. The van der Waals surface area contributed by atoms with Crippen molar-refractivity contribution in [2.45, 2.75) is 33.4 Å². The highest BCUT2D eigenvalue weighted by Crippen LogP contribution is 2.22. The Labute approximate surface area is 136 Å². The Morgan fingerprint density at radius 1 is 1.09 bits per heavy atom. The first-order valence-electron chi connectivity index (χ1n) is 7.90. The summed E-state index contributed by atoms with van der Waals surface area (Å²) in [5, 5.41) is 0.954. The molecule has 3 heteroatoms. The lowest BCUT2D eigenvalue weighted by atomic mass is 10.1. The van der Waals surface area contributed by atoms with Crippen LogP contribution in [0.15, 0.2) is 59.0 Å². The maximum absolute atomic E-state index is 12.9. The summed E-state index contributed by atoms with van der Waals surface area (Å²) in [5.74, 6) is 0.327. The highest BCUT2D eigenvalue weighted by molar-refractivity contribution is 5.96. The number of hydrogen-bond acceptors (Lipinski definition) is 2. The van der Waals surface area contributed by atoms with Gasteiger partial charge in [0.1, 0.15) is 5.58 Å². The zero-order chi connectivity index (χ0) is 16.4. The topological polar surface area (TPSA) is 33.5 Å². The molecule has 118 valence electrons. The van der Waals surface area contributed by atoms with Crippen molar-refractivity contribution in [1.29, 1.82) is 0 Å². The van der Waals surface area contributed by atoms with Crippen LogP contribution in [-0.4, -0.2) is 16.8 Å². The second-order valence-electron chi connectivity index (χ2n) is 6.10. The molecule has 1 heterocycles. The van der Waals surface area contributed by atoms with Crippen molar-refractivity contribution in [1.82, 2.24) is 4.90 Å². The van der Waals surface area contributed by atoms with E-state index < -0.39 is 0 Å². The Morgan fingerprint density at radius 2 is 1.78 bits per heavy atom. The van der Waals surface area contributed by atoms with Crippen LogP contribution in [0.25, 0.3) is 11.0 Å². The van der Waals surface area contributed by atoms with Crippen LogP contribution in [0.5, 0.6) is 0 Å². The van der Waals surface area contributed by atoms with E-state index in [9.17, 15) is 4.79 Å². The van der Waals surface area contributed by atoms with Gasteiger partial charge in [-0.3, -0.25) is 4.79 Å². The van der Waals surface area contributed by atoms with Gasteiger partial charge in [-0.1, -0.05) is 42.5 Å². The summed E-state index contributed by atoms with van der Waals surface area (Å²) in [4.78, 5) is 14.8. The van der Waals surface area contributed by atoms with Gasteiger partial charge in [0.25, 0.3) is 5.91 Å². The van der Waals surface area contributed by atoms with Gasteiger partial charge in [0.2, 0.25) is 0 Å². The molecule has 0 atom stereocenters. The highest BCUT2D eigenvalue weighted by atomic mass is 16.3. The molecule has 0 unspecified atom stereocenters. The number of furan rings is 1. The minimum absolute atomic E-state index is 0.0700. The number of fused-ring (bicyclic) bond motifs is 1. The summed E-state index contributed by atoms with van der Waals surface area (Å²) in [7, 11) is 0. The fraction of sp³-hybridized carbons (Fsp3) is 0.250. The van der Waals surface area contributed by atoms with E-state index in [-0.39, 0.29) is 11.9 Å². The van der Waals surface area contributed by atoms with Crippen molar-refractivity contribution in [2.75, 3.05) is 0 Å². The van der Waals surface area contributed by atoms with Crippen LogP contribution in [0.2, 0.25) is 0 Å². The first-order valence-corrected chi connectivity index (χ1v) is 7.90. The minimum atomic E-state index is -0.0700. The molecule has 23 heavy (non-hydrogen) atoms. The van der Waals surface area contributed by atoms with Crippen molar-refractivity contribution in [2.24, 2.45) is 0 Å². The van der Waals surface area contributed by atoms with Crippen LogP contribution >= 0.6 is 0 Å². The second kappa shape index (κ2) is 6.29. The average Bonchev–Trinajstić information content (AvgIpc) is 2.97. The maximum Gasteiger partial charge on any atom is 0.290 e. The van der Waals surface area contributed by atoms with Crippen molar-refractivity contribution in [3.05, 3.63) is 71.5 Å². The number of carbonyl (C=O) groups is 1.